The van der Waals surface area contributed by atoms with Gasteiger partial charge in [-0.15, -0.1) is 11.3 Å². The topological polar surface area (TPSA) is 107 Å². The van der Waals surface area contributed by atoms with Gasteiger partial charge in [0, 0.05) is 35.3 Å². The Kier molecular flexibility index (Phi) is 9.85. The van der Waals surface area contributed by atoms with E-state index in [-0.39, 0.29) is 26.9 Å². The highest BCUT2D eigenvalue weighted by Gasteiger charge is 2.21. The van der Waals surface area contributed by atoms with Crippen LogP contribution in [0.1, 0.15) is 40.7 Å². The third-order valence-corrected chi connectivity index (χ3v) is 7.52. The SMILES string of the molecule is CO/C(=C/c1c(Cl)cc(C(=O)Nc2nc(-c3cccc(CCCOCC4CC4)c3OC)cs2)cc1Cl)C(=O)O. The predicted octanol–water partition coefficient (Wildman–Crippen LogP) is 6.81. The average Bonchev–Trinajstić information content (AvgIpc) is 3.63. The molecule has 0 saturated heterocycles. The van der Waals surface area contributed by atoms with Gasteiger partial charge in [0.1, 0.15) is 5.75 Å². The highest BCUT2D eigenvalue weighted by Crippen LogP contribution is 2.36. The zero-order valence-electron chi connectivity index (χ0n) is 21.5. The van der Waals surface area contributed by atoms with Crippen LogP contribution in [0.2, 0.25) is 10.0 Å². The van der Waals surface area contributed by atoms with E-state index in [9.17, 15) is 9.59 Å². The van der Waals surface area contributed by atoms with Crippen LogP contribution in [0.4, 0.5) is 5.13 Å². The summed E-state index contributed by atoms with van der Waals surface area (Å²) in [5.41, 5.74) is 3.00. The molecule has 0 aliphatic heterocycles. The van der Waals surface area contributed by atoms with Crippen LogP contribution < -0.4 is 10.1 Å². The van der Waals surface area contributed by atoms with Gasteiger partial charge in [-0.2, -0.15) is 0 Å². The first kappa shape index (κ1) is 28.9. The van der Waals surface area contributed by atoms with Crippen molar-refractivity contribution in [3.8, 4) is 17.0 Å². The van der Waals surface area contributed by atoms with Gasteiger partial charge in [-0.25, -0.2) is 9.78 Å². The fourth-order valence-electron chi connectivity index (χ4n) is 3.94. The van der Waals surface area contributed by atoms with Gasteiger partial charge in [0.25, 0.3) is 5.91 Å². The molecule has 2 aromatic carbocycles. The Morgan fingerprint density at radius 2 is 1.95 bits per heavy atom. The van der Waals surface area contributed by atoms with E-state index in [2.05, 4.69) is 10.3 Å². The van der Waals surface area contributed by atoms with E-state index in [1.54, 1.807) is 7.11 Å². The Hall–Kier alpha value is -3.11. The maximum Gasteiger partial charge on any atom is 0.371 e. The number of aliphatic carboxylic acids is 1. The molecule has 2 N–H and O–H groups in total. The van der Waals surface area contributed by atoms with Gasteiger partial charge in [0.15, 0.2) is 5.13 Å². The maximum absolute atomic E-state index is 12.9. The van der Waals surface area contributed by atoms with Gasteiger partial charge in [0.2, 0.25) is 5.76 Å². The molecule has 1 aliphatic rings. The van der Waals surface area contributed by atoms with Crippen LogP contribution in [0.15, 0.2) is 41.5 Å². The second kappa shape index (κ2) is 13.3. The number of amides is 1. The van der Waals surface area contributed by atoms with Gasteiger partial charge in [-0.1, -0.05) is 35.3 Å². The molecule has 3 aromatic rings. The standard InChI is InChI=1S/C28H28Cl2N2O6S/c1-36-24(27(34)35)13-20-21(29)11-18(12-22(20)30)26(33)32-28-31-23(15-39-28)19-7-3-5-17(25(19)37-2)6-4-10-38-14-16-8-9-16/h3,5,7,11-13,15-16H,4,6,8-10,14H2,1-2H3,(H,34,35)(H,31,32,33)/b24-13+. The van der Waals surface area contributed by atoms with Crippen molar-refractivity contribution < 1.29 is 28.9 Å². The summed E-state index contributed by atoms with van der Waals surface area (Å²) in [4.78, 5) is 28.7. The number of benzene rings is 2. The van der Waals surface area contributed by atoms with Crippen molar-refractivity contribution in [3.05, 3.63) is 68.2 Å². The number of halogens is 2. The minimum absolute atomic E-state index is 0.0998. The highest BCUT2D eigenvalue weighted by molar-refractivity contribution is 7.14. The van der Waals surface area contributed by atoms with Crippen molar-refractivity contribution in [1.82, 2.24) is 4.98 Å². The fraction of sp³-hybridized carbons (Fsp3) is 0.321. The number of aryl methyl sites for hydroxylation is 1. The molecule has 4 rings (SSSR count). The molecule has 0 spiro atoms. The smallest absolute Gasteiger partial charge is 0.371 e. The molecule has 0 bridgehead atoms. The molecular weight excluding hydrogens is 563 g/mol. The van der Waals surface area contributed by atoms with E-state index >= 15 is 0 Å². The Bertz CT molecular complexity index is 1360. The molecule has 206 valence electrons. The lowest BCUT2D eigenvalue weighted by Crippen LogP contribution is -2.12. The molecule has 8 nitrogen and oxygen atoms in total. The number of anilines is 1. The number of nitrogens with one attached hydrogen (secondary N) is 1. The molecule has 1 amide bonds. The van der Waals surface area contributed by atoms with Crippen LogP contribution in [0.25, 0.3) is 17.3 Å². The molecule has 1 fully saturated rings. The highest BCUT2D eigenvalue weighted by atomic mass is 35.5. The summed E-state index contributed by atoms with van der Waals surface area (Å²) in [6.07, 6.45) is 5.47. The Balaban J connectivity index is 1.45. The number of ether oxygens (including phenoxy) is 3. The normalized spacial score (nSPS) is 13.3. The molecule has 1 aromatic heterocycles. The van der Waals surface area contributed by atoms with E-state index in [1.807, 2.05) is 23.6 Å². The van der Waals surface area contributed by atoms with Gasteiger partial charge in [-0.3, -0.25) is 10.1 Å². The van der Waals surface area contributed by atoms with Crippen LogP contribution >= 0.6 is 34.5 Å². The summed E-state index contributed by atoms with van der Waals surface area (Å²) in [6.45, 7) is 1.57. The van der Waals surface area contributed by atoms with Crippen LogP contribution in [0.3, 0.4) is 0 Å². The quantitative estimate of drug-likeness (QED) is 0.128. The lowest BCUT2D eigenvalue weighted by Gasteiger charge is -2.12. The van der Waals surface area contributed by atoms with Gasteiger partial charge < -0.3 is 19.3 Å². The van der Waals surface area contributed by atoms with Crippen LogP contribution in [0.5, 0.6) is 5.75 Å². The predicted molar refractivity (Wildman–Crippen MR) is 153 cm³/mol. The molecule has 1 heterocycles. The summed E-state index contributed by atoms with van der Waals surface area (Å²) in [5, 5.41) is 14.4. The number of para-hydroxylation sites is 1. The number of carbonyl (C=O) groups is 2. The van der Waals surface area contributed by atoms with Crippen molar-refractivity contribution in [2.24, 2.45) is 5.92 Å². The zero-order valence-corrected chi connectivity index (χ0v) is 23.8. The number of hydrogen-bond donors (Lipinski definition) is 2. The number of carboxylic acid groups (broad SMARTS) is 1. The van der Waals surface area contributed by atoms with Crippen molar-refractivity contribution in [2.75, 3.05) is 32.8 Å². The second-order valence-corrected chi connectivity index (χ2v) is 10.7. The average molecular weight is 592 g/mol. The molecule has 0 radical (unpaired) electrons. The van der Waals surface area contributed by atoms with Crippen molar-refractivity contribution in [2.45, 2.75) is 25.7 Å². The second-order valence-electron chi connectivity index (χ2n) is 8.98. The Labute approximate surface area is 240 Å². The monoisotopic (exact) mass is 590 g/mol. The van der Waals surface area contributed by atoms with E-state index in [1.165, 1.54) is 49.5 Å². The Morgan fingerprint density at radius 3 is 2.59 bits per heavy atom. The first-order chi connectivity index (χ1) is 18.8. The summed E-state index contributed by atoms with van der Waals surface area (Å²) >= 11 is 13.9. The third kappa shape index (κ3) is 7.51. The molecule has 39 heavy (non-hydrogen) atoms. The first-order valence-corrected chi connectivity index (χ1v) is 13.9. The molecule has 1 aliphatic carbocycles. The van der Waals surface area contributed by atoms with E-state index in [0.717, 1.165) is 48.8 Å². The molecular formula is C28H28Cl2N2O6S. The Morgan fingerprint density at radius 1 is 1.21 bits per heavy atom. The van der Waals surface area contributed by atoms with Gasteiger partial charge >= 0.3 is 5.97 Å². The number of carboxylic acids is 1. The van der Waals surface area contributed by atoms with E-state index < -0.39 is 11.9 Å². The van der Waals surface area contributed by atoms with Crippen molar-refractivity contribution in [3.63, 3.8) is 0 Å². The lowest BCUT2D eigenvalue weighted by atomic mass is 10.0. The number of aromatic nitrogens is 1. The fourth-order valence-corrected chi connectivity index (χ4v) is 5.24. The zero-order chi connectivity index (χ0) is 27.9. The first-order valence-electron chi connectivity index (χ1n) is 12.3. The minimum Gasteiger partial charge on any atom is -0.496 e. The molecule has 0 atom stereocenters. The number of methoxy groups -OCH3 is 2. The summed E-state index contributed by atoms with van der Waals surface area (Å²) in [5.74, 6) is -0.575. The van der Waals surface area contributed by atoms with Crippen molar-refractivity contribution in [1.29, 1.82) is 0 Å². The number of thiazole rings is 1. The summed E-state index contributed by atoms with van der Waals surface area (Å²) in [7, 11) is 2.86. The van der Waals surface area contributed by atoms with Crippen LogP contribution in [-0.2, 0) is 20.7 Å². The van der Waals surface area contributed by atoms with Gasteiger partial charge in [-0.05, 0) is 61.4 Å². The number of nitrogens with zero attached hydrogens (tertiary/aromatic N) is 1. The lowest BCUT2D eigenvalue weighted by molar-refractivity contribution is -0.135. The minimum atomic E-state index is -1.27. The van der Waals surface area contributed by atoms with Crippen LogP contribution in [0, 0.1) is 5.92 Å². The maximum atomic E-state index is 12.9. The third-order valence-electron chi connectivity index (χ3n) is 6.13. The molecule has 1 saturated carbocycles. The number of carbonyl (C=O) groups excluding carboxylic acids is 1. The number of hydrogen-bond acceptors (Lipinski definition) is 7. The van der Waals surface area contributed by atoms with E-state index in [0.29, 0.717) is 10.8 Å². The number of rotatable bonds is 13. The molecule has 0 unspecified atom stereocenters. The van der Waals surface area contributed by atoms with E-state index in [4.69, 9.17) is 42.5 Å². The van der Waals surface area contributed by atoms with Gasteiger partial charge in [0.05, 0.1) is 30.0 Å². The summed E-state index contributed by atoms with van der Waals surface area (Å²) in [6, 6.07) is 8.74. The van der Waals surface area contributed by atoms with Crippen LogP contribution in [-0.4, -0.2) is 49.4 Å². The van der Waals surface area contributed by atoms with Crippen molar-refractivity contribution >= 4 is 57.6 Å². The largest absolute Gasteiger partial charge is 0.496 e. The molecule has 11 heteroatoms. The summed E-state index contributed by atoms with van der Waals surface area (Å²) < 4.78 is 16.3.